The molecule has 1 N–H and O–H groups in total. The van der Waals surface area contributed by atoms with Crippen LogP contribution in [0.15, 0.2) is 41.1 Å². The Morgan fingerprint density at radius 2 is 2.13 bits per heavy atom. The molecule has 120 valence electrons. The first kappa shape index (κ1) is 14.2. The summed E-state index contributed by atoms with van der Waals surface area (Å²) in [6, 6.07) is 8.00. The fourth-order valence-electron chi connectivity index (χ4n) is 3.35. The van der Waals surface area contributed by atoms with Crippen LogP contribution in [-0.4, -0.2) is 40.1 Å². The second kappa shape index (κ2) is 6.02. The van der Waals surface area contributed by atoms with Gasteiger partial charge in [0, 0.05) is 37.2 Å². The van der Waals surface area contributed by atoms with Crippen molar-refractivity contribution in [2.75, 3.05) is 18.4 Å². The maximum atomic E-state index is 12.6. The molecule has 2 aromatic rings. The lowest BCUT2D eigenvalue weighted by atomic mass is 10.0. The fraction of sp³-hybridized carbons (Fsp3) is 0.471. The monoisotopic (exact) mass is 312 g/mol. The van der Waals surface area contributed by atoms with Crippen molar-refractivity contribution in [2.45, 2.75) is 31.2 Å². The Labute approximate surface area is 134 Å². The van der Waals surface area contributed by atoms with Crippen LogP contribution >= 0.6 is 0 Å². The van der Waals surface area contributed by atoms with Gasteiger partial charge in [-0.2, -0.15) is 5.10 Å². The van der Waals surface area contributed by atoms with Gasteiger partial charge in [0.25, 0.3) is 0 Å². The highest BCUT2D eigenvalue weighted by atomic mass is 16.3. The molecule has 6 heteroatoms. The first-order valence-corrected chi connectivity index (χ1v) is 8.17. The maximum Gasteiger partial charge on any atom is 0.226 e. The molecule has 2 fully saturated rings. The summed E-state index contributed by atoms with van der Waals surface area (Å²) >= 11 is 0. The normalized spacial score (nSPS) is 24.4. The SMILES string of the molecule is O=C(C1CC1c1ccco1)N1CCC(Nc2cccnn2)CC1. The molecule has 1 aliphatic heterocycles. The van der Waals surface area contributed by atoms with Crippen molar-refractivity contribution in [3.8, 4) is 0 Å². The lowest BCUT2D eigenvalue weighted by Gasteiger charge is -2.32. The minimum absolute atomic E-state index is 0.116. The number of anilines is 1. The number of nitrogens with one attached hydrogen (secondary N) is 1. The molecule has 1 saturated heterocycles. The zero-order valence-corrected chi connectivity index (χ0v) is 12.9. The first-order chi connectivity index (χ1) is 11.3. The molecule has 2 aromatic heterocycles. The van der Waals surface area contributed by atoms with Gasteiger partial charge >= 0.3 is 0 Å². The molecule has 23 heavy (non-hydrogen) atoms. The van der Waals surface area contributed by atoms with E-state index in [9.17, 15) is 4.79 Å². The van der Waals surface area contributed by atoms with Gasteiger partial charge in [0.2, 0.25) is 5.91 Å². The summed E-state index contributed by atoms with van der Waals surface area (Å²) in [5.74, 6) is 2.43. The highest BCUT2D eigenvalue weighted by molar-refractivity contribution is 5.83. The van der Waals surface area contributed by atoms with Crippen molar-refractivity contribution >= 4 is 11.7 Å². The third kappa shape index (κ3) is 3.06. The Morgan fingerprint density at radius 1 is 1.26 bits per heavy atom. The van der Waals surface area contributed by atoms with Gasteiger partial charge < -0.3 is 14.6 Å². The predicted octanol–water partition coefficient (Wildman–Crippen LogP) is 2.28. The number of likely N-dealkylation sites (tertiary alicyclic amines) is 1. The number of amides is 1. The third-order valence-corrected chi connectivity index (χ3v) is 4.75. The Kier molecular flexibility index (Phi) is 3.73. The van der Waals surface area contributed by atoms with E-state index in [4.69, 9.17) is 4.42 Å². The number of carbonyl (C=O) groups is 1. The number of nitrogens with zero attached hydrogens (tertiary/aromatic N) is 3. The van der Waals surface area contributed by atoms with Crippen molar-refractivity contribution in [1.29, 1.82) is 0 Å². The van der Waals surface area contributed by atoms with Crippen LogP contribution in [0.4, 0.5) is 5.82 Å². The number of furan rings is 1. The van der Waals surface area contributed by atoms with Gasteiger partial charge in [-0.15, -0.1) is 5.10 Å². The van der Waals surface area contributed by atoms with Crippen molar-refractivity contribution in [2.24, 2.45) is 5.92 Å². The van der Waals surface area contributed by atoms with Crippen molar-refractivity contribution in [3.63, 3.8) is 0 Å². The van der Waals surface area contributed by atoms with Crippen LogP contribution in [0, 0.1) is 5.92 Å². The van der Waals surface area contributed by atoms with E-state index in [2.05, 4.69) is 15.5 Å². The highest BCUT2D eigenvalue weighted by Crippen LogP contribution is 2.48. The maximum absolute atomic E-state index is 12.6. The van der Waals surface area contributed by atoms with Crippen LogP contribution in [0.25, 0.3) is 0 Å². The molecule has 1 aliphatic carbocycles. The zero-order valence-electron chi connectivity index (χ0n) is 12.9. The number of rotatable bonds is 4. The molecule has 2 unspecified atom stereocenters. The Hall–Kier alpha value is -2.37. The standard InChI is InChI=1S/C17H20N4O2/c22-17(14-11-13(14)15-3-2-10-23-15)21-8-5-12(6-9-21)19-16-4-1-7-18-20-16/h1-4,7,10,12-14H,5-6,8-9,11H2,(H,19,20). The van der Waals surface area contributed by atoms with Gasteiger partial charge in [-0.3, -0.25) is 4.79 Å². The van der Waals surface area contributed by atoms with Crippen LogP contribution in [0.5, 0.6) is 0 Å². The molecule has 2 aliphatic rings. The second-order valence-electron chi connectivity index (χ2n) is 6.32. The summed E-state index contributed by atoms with van der Waals surface area (Å²) in [6.45, 7) is 1.61. The molecular weight excluding hydrogens is 292 g/mol. The van der Waals surface area contributed by atoms with Crippen molar-refractivity contribution in [3.05, 3.63) is 42.5 Å². The first-order valence-electron chi connectivity index (χ1n) is 8.17. The molecule has 3 heterocycles. The van der Waals surface area contributed by atoms with E-state index in [1.54, 1.807) is 12.5 Å². The minimum atomic E-state index is 0.116. The molecule has 0 spiro atoms. The molecular formula is C17H20N4O2. The summed E-state index contributed by atoms with van der Waals surface area (Å²) in [5.41, 5.74) is 0. The van der Waals surface area contributed by atoms with Crippen LogP contribution < -0.4 is 5.32 Å². The number of hydrogen-bond donors (Lipinski definition) is 1. The quantitative estimate of drug-likeness (QED) is 0.938. The van der Waals surface area contributed by atoms with Crippen LogP contribution in [0.3, 0.4) is 0 Å². The molecule has 1 saturated carbocycles. The van der Waals surface area contributed by atoms with Gasteiger partial charge in [-0.1, -0.05) is 0 Å². The predicted molar refractivity (Wildman–Crippen MR) is 84.8 cm³/mol. The van der Waals surface area contributed by atoms with E-state index in [0.717, 1.165) is 43.9 Å². The Balaban J connectivity index is 1.28. The van der Waals surface area contributed by atoms with Crippen LogP contribution in [0.1, 0.15) is 30.9 Å². The molecule has 1 amide bonds. The second-order valence-corrected chi connectivity index (χ2v) is 6.32. The van der Waals surface area contributed by atoms with Gasteiger partial charge in [-0.05, 0) is 43.5 Å². The zero-order chi connectivity index (χ0) is 15.6. The Bertz CT molecular complexity index is 650. The van der Waals surface area contributed by atoms with E-state index in [0.29, 0.717) is 6.04 Å². The molecule has 0 bridgehead atoms. The fourth-order valence-corrected chi connectivity index (χ4v) is 3.35. The lowest BCUT2D eigenvalue weighted by Crippen LogP contribution is -2.43. The summed E-state index contributed by atoms with van der Waals surface area (Å²) in [6.07, 6.45) is 6.15. The molecule has 0 radical (unpaired) electrons. The van der Waals surface area contributed by atoms with Crippen molar-refractivity contribution in [1.82, 2.24) is 15.1 Å². The topological polar surface area (TPSA) is 71.3 Å². The van der Waals surface area contributed by atoms with Crippen LogP contribution in [-0.2, 0) is 4.79 Å². The summed E-state index contributed by atoms with van der Waals surface area (Å²) in [4.78, 5) is 14.6. The van der Waals surface area contributed by atoms with Crippen LogP contribution in [0.2, 0.25) is 0 Å². The summed E-state index contributed by atoms with van der Waals surface area (Å²) in [7, 11) is 0. The largest absolute Gasteiger partial charge is 0.469 e. The Morgan fingerprint density at radius 3 is 2.83 bits per heavy atom. The molecule has 2 atom stereocenters. The molecule has 4 rings (SSSR count). The summed E-state index contributed by atoms with van der Waals surface area (Å²) < 4.78 is 5.42. The van der Waals surface area contributed by atoms with E-state index in [-0.39, 0.29) is 17.7 Å². The summed E-state index contributed by atoms with van der Waals surface area (Å²) in [5, 5.41) is 11.3. The van der Waals surface area contributed by atoms with Gasteiger partial charge in [0.05, 0.1) is 6.26 Å². The number of hydrogen-bond acceptors (Lipinski definition) is 5. The van der Waals surface area contributed by atoms with Crippen molar-refractivity contribution < 1.29 is 9.21 Å². The lowest BCUT2D eigenvalue weighted by molar-refractivity contribution is -0.133. The minimum Gasteiger partial charge on any atom is -0.469 e. The average molecular weight is 312 g/mol. The number of piperidine rings is 1. The van der Waals surface area contributed by atoms with Gasteiger partial charge in [-0.25, -0.2) is 0 Å². The highest BCUT2D eigenvalue weighted by Gasteiger charge is 2.47. The van der Waals surface area contributed by atoms with E-state index >= 15 is 0 Å². The van der Waals surface area contributed by atoms with E-state index in [1.807, 2.05) is 29.2 Å². The van der Waals surface area contributed by atoms with E-state index < -0.39 is 0 Å². The van der Waals surface area contributed by atoms with Gasteiger partial charge in [0.1, 0.15) is 11.6 Å². The molecule has 0 aromatic carbocycles. The number of carbonyl (C=O) groups excluding carboxylic acids is 1. The van der Waals surface area contributed by atoms with E-state index in [1.165, 1.54) is 0 Å². The van der Waals surface area contributed by atoms with Gasteiger partial charge in [0.15, 0.2) is 0 Å². The smallest absolute Gasteiger partial charge is 0.226 e. The third-order valence-electron chi connectivity index (χ3n) is 4.75. The average Bonchev–Trinajstić information content (AvgIpc) is 3.21. The molecule has 6 nitrogen and oxygen atoms in total. The number of aromatic nitrogens is 2.